The van der Waals surface area contributed by atoms with Crippen molar-refractivity contribution in [1.82, 2.24) is 14.8 Å². The van der Waals surface area contributed by atoms with Crippen LogP contribution in [0.1, 0.15) is 29.7 Å². The predicted molar refractivity (Wildman–Crippen MR) is 148 cm³/mol. The maximum Gasteiger partial charge on any atom is 0.255 e. The fraction of sp³-hybridized carbons (Fsp3) is 0.179. The van der Waals surface area contributed by atoms with Gasteiger partial charge in [-0.1, -0.05) is 65.8 Å². The van der Waals surface area contributed by atoms with E-state index in [0.29, 0.717) is 33.2 Å². The molecule has 0 spiro atoms. The van der Waals surface area contributed by atoms with E-state index >= 15 is 0 Å². The Bertz CT molecular complexity index is 1500. The zero-order valence-corrected chi connectivity index (χ0v) is 22.2. The number of hydrogen-bond acceptors (Lipinski definition) is 6. The summed E-state index contributed by atoms with van der Waals surface area (Å²) < 4.78 is 7.10. The Labute approximate surface area is 224 Å². The van der Waals surface area contributed by atoms with Crippen molar-refractivity contribution >= 4 is 40.9 Å². The molecule has 2 heterocycles. The lowest BCUT2D eigenvalue weighted by Crippen LogP contribution is -2.31. The van der Waals surface area contributed by atoms with Crippen LogP contribution in [0.5, 0.6) is 5.75 Å². The van der Waals surface area contributed by atoms with Crippen molar-refractivity contribution in [2.75, 3.05) is 17.7 Å². The Morgan fingerprint density at radius 2 is 1.92 bits per heavy atom. The number of thioether (sulfide) groups is 1. The van der Waals surface area contributed by atoms with Gasteiger partial charge >= 0.3 is 0 Å². The molecule has 0 saturated heterocycles. The van der Waals surface area contributed by atoms with Gasteiger partial charge < -0.3 is 15.4 Å². The summed E-state index contributed by atoms with van der Waals surface area (Å²) in [5, 5.41) is 12.3. The minimum absolute atomic E-state index is 0.212. The van der Waals surface area contributed by atoms with Gasteiger partial charge in [0.15, 0.2) is 0 Å². The molecule has 0 bridgehead atoms. The van der Waals surface area contributed by atoms with Gasteiger partial charge in [-0.25, -0.2) is 4.68 Å². The van der Waals surface area contributed by atoms with E-state index in [9.17, 15) is 4.79 Å². The van der Waals surface area contributed by atoms with Crippen molar-refractivity contribution in [3.63, 3.8) is 0 Å². The van der Waals surface area contributed by atoms with Crippen molar-refractivity contribution in [1.29, 1.82) is 0 Å². The molecular formula is C28H26ClN5O2S. The molecule has 7 nitrogen and oxygen atoms in total. The average Bonchev–Trinajstić information content (AvgIpc) is 3.30. The fourth-order valence-electron chi connectivity index (χ4n) is 4.28. The number of fused-ring (bicyclic) bond motifs is 1. The highest BCUT2D eigenvalue weighted by atomic mass is 35.5. The maximum atomic E-state index is 13.7. The highest BCUT2D eigenvalue weighted by Crippen LogP contribution is 2.38. The van der Waals surface area contributed by atoms with Gasteiger partial charge in [-0.15, -0.1) is 5.10 Å². The number of carbonyl (C=O) groups is 1. The second-order valence-electron chi connectivity index (χ2n) is 8.69. The number of carbonyl (C=O) groups excluding carboxylic acids is 1. The van der Waals surface area contributed by atoms with Crippen molar-refractivity contribution in [2.24, 2.45) is 0 Å². The molecular weight excluding hydrogens is 506 g/mol. The number of ether oxygens (including phenoxy) is 1. The normalized spacial score (nSPS) is 14.6. The number of amides is 1. The molecule has 0 unspecified atom stereocenters. The number of aromatic nitrogens is 3. The zero-order chi connectivity index (χ0) is 25.9. The number of anilines is 2. The standard InChI is InChI=1S/C28H26ClN5O2S/c1-17-8-4-5-13-23(17)31-26(35)24-18(2)30-27-32-28(37-16-19-9-6-12-22(14-19)36-3)33-34(27)25(24)20-10-7-11-21(29)15-20/h4-15,25H,16H2,1-3H3,(H,31,35)(H,30,32,33)/t25-/m0/s1. The van der Waals surface area contributed by atoms with Crippen LogP contribution in [0.4, 0.5) is 11.6 Å². The first-order valence-electron chi connectivity index (χ1n) is 11.8. The van der Waals surface area contributed by atoms with E-state index in [4.69, 9.17) is 26.4 Å². The monoisotopic (exact) mass is 531 g/mol. The second-order valence-corrected chi connectivity index (χ2v) is 10.1. The van der Waals surface area contributed by atoms with Crippen LogP contribution in [0, 0.1) is 6.92 Å². The summed E-state index contributed by atoms with van der Waals surface area (Å²) in [7, 11) is 1.65. The Balaban J connectivity index is 1.48. The molecule has 1 aliphatic rings. The van der Waals surface area contributed by atoms with Crippen molar-refractivity contribution in [3.05, 3.63) is 106 Å². The molecule has 0 radical (unpaired) electrons. The number of para-hydroxylation sites is 1. The van der Waals surface area contributed by atoms with Gasteiger partial charge in [0.25, 0.3) is 5.91 Å². The average molecular weight is 532 g/mol. The third-order valence-corrected chi connectivity index (χ3v) is 7.28. The van der Waals surface area contributed by atoms with Crippen LogP contribution >= 0.6 is 23.4 Å². The largest absolute Gasteiger partial charge is 0.497 e. The minimum atomic E-state index is -0.502. The first-order chi connectivity index (χ1) is 17.9. The van der Waals surface area contributed by atoms with Crippen LogP contribution in [0.15, 0.2) is 89.2 Å². The van der Waals surface area contributed by atoms with E-state index in [1.807, 2.05) is 86.6 Å². The maximum absolute atomic E-state index is 13.7. The topological polar surface area (TPSA) is 81.1 Å². The summed E-state index contributed by atoms with van der Waals surface area (Å²) in [5.74, 6) is 1.84. The van der Waals surface area contributed by atoms with Gasteiger partial charge in [0, 0.05) is 22.2 Å². The molecule has 9 heteroatoms. The number of benzene rings is 3. The summed E-state index contributed by atoms with van der Waals surface area (Å²) in [6.45, 7) is 3.84. The number of hydrogen-bond donors (Lipinski definition) is 2. The third kappa shape index (κ3) is 5.35. The second kappa shape index (κ2) is 10.7. The van der Waals surface area contributed by atoms with Gasteiger partial charge in [-0.05, 0) is 60.9 Å². The summed E-state index contributed by atoms with van der Waals surface area (Å²) in [5.41, 5.74) is 4.95. The number of nitrogens with one attached hydrogen (secondary N) is 2. The number of halogens is 1. The Kier molecular flexibility index (Phi) is 7.21. The molecule has 1 aliphatic heterocycles. The van der Waals surface area contributed by atoms with Crippen LogP contribution in [0.2, 0.25) is 5.02 Å². The van der Waals surface area contributed by atoms with Gasteiger partial charge in [0.05, 0.1) is 12.7 Å². The van der Waals surface area contributed by atoms with E-state index in [2.05, 4.69) is 10.6 Å². The van der Waals surface area contributed by atoms with Gasteiger partial charge in [-0.2, -0.15) is 4.98 Å². The highest BCUT2D eigenvalue weighted by Gasteiger charge is 2.34. The zero-order valence-electron chi connectivity index (χ0n) is 20.7. The van der Waals surface area contributed by atoms with Crippen molar-refractivity contribution in [3.8, 4) is 5.75 Å². The molecule has 1 amide bonds. The fourth-order valence-corrected chi connectivity index (χ4v) is 5.26. The van der Waals surface area contributed by atoms with Gasteiger partial charge in [0.2, 0.25) is 11.1 Å². The van der Waals surface area contributed by atoms with E-state index in [0.717, 1.165) is 28.1 Å². The van der Waals surface area contributed by atoms with Crippen molar-refractivity contribution in [2.45, 2.75) is 30.8 Å². The van der Waals surface area contributed by atoms with Crippen LogP contribution in [-0.2, 0) is 10.5 Å². The van der Waals surface area contributed by atoms with E-state index in [-0.39, 0.29) is 5.91 Å². The highest BCUT2D eigenvalue weighted by molar-refractivity contribution is 7.98. The van der Waals surface area contributed by atoms with E-state index in [1.165, 1.54) is 11.8 Å². The summed E-state index contributed by atoms with van der Waals surface area (Å²) in [4.78, 5) is 18.4. The van der Waals surface area contributed by atoms with Crippen molar-refractivity contribution < 1.29 is 9.53 Å². The third-order valence-electron chi connectivity index (χ3n) is 6.14. The Morgan fingerprint density at radius 3 is 2.70 bits per heavy atom. The number of nitrogens with zero attached hydrogens (tertiary/aromatic N) is 3. The molecule has 2 N–H and O–H groups in total. The molecule has 4 aromatic rings. The lowest BCUT2D eigenvalue weighted by molar-refractivity contribution is -0.113. The molecule has 37 heavy (non-hydrogen) atoms. The molecule has 5 rings (SSSR count). The van der Waals surface area contributed by atoms with Crippen LogP contribution in [0.3, 0.4) is 0 Å². The number of aryl methyl sites for hydroxylation is 1. The van der Waals surface area contributed by atoms with Crippen LogP contribution < -0.4 is 15.4 Å². The summed E-state index contributed by atoms with van der Waals surface area (Å²) >= 11 is 7.88. The quantitative estimate of drug-likeness (QED) is 0.266. The number of rotatable bonds is 7. The SMILES string of the molecule is COc1cccc(CSc2nc3n(n2)[C@@H](c2cccc(Cl)c2)C(C(=O)Nc2ccccc2C)=C(C)N3)c1. The predicted octanol–water partition coefficient (Wildman–Crippen LogP) is 6.47. The number of methoxy groups -OCH3 is 1. The first-order valence-corrected chi connectivity index (χ1v) is 13.1. The molecule has 0 aliphatic carbocycles. The summed E-state index contributed by atoms with van der Waals surface area (Å²) in [6.07, 6.45) is 0. The number of allylic oxidation sites excluding steroid dienone is 1. The lowest BCUT2D eigenvalue weighted by Gasteiger charge is -2.29. The Hall–Kier alpha value is -3.75. The molecule has 1 aromatic heterocycles. The molecule has 0 saturated carbocycles. The Morgan fingerprint density at radius 1 is 1.11 bits per heavy atom. The van der Waals surface area contributed by atoms with E-state index in [1.54, 1.807) is 11.8 Å². The van der Waals surface area contributed by atoms with Gasteiger partial charge in [-0.3, -0.25) is 4.79 Å². The summed E-state index contributed by atoms with van der Waals surface area (Å²) in [6, 6.07) is 22.6. The molecule has 0 fully saturated rings. The van der Waals surface area contributed by atoms with Gasteiger partial charge in [0.1, 0.15) is 11.8 Å². The molecule has 3 aromatic carbocycles. The first kappa shape index (κ1) is 24.9. The lowest BCUT2D eigenvalue weighted by atomic mass is 9.95. The van der Waals surface area contributed by atoms with E-state index < -0.39 is 6.04 Å². The minimum Gasteiger partial charge on any atom is -0.497 e. The van der Waals surface area contributed by atoms with Crippen LogP contribution in [-0.4, -0.2) is 27.8 Å². The smallest absolute Gasteiger partial charge is 0.255 e. The molecule has 1 atom stereocenters. The molecule has 188 valence electrons. The van der Waals surface area contributed by atoms with Crippen LogP contribution in [0.25, 0.3) is 0 Å².